The molecule has 3 nitrogen and oxygen atoms in total. The van der Waals surface area contributed by atoms with Gasteiger partial charge < -0.3 is 4.74 Å². The fourth-order valence-corrected chi connectivity index (χ4v) is 1.82. The Morgan fingerprint density at radius 1 is 1.19 bits per heavy atom. The topological polar surface area (TPSA) is 39.2 Å². The first-order chi connectivity index (χ1) is 9.86. The van der Waals surface area contributed by atoms with Crippen molar-refractivity contribution in [3.8, 4) is 17.0 Å². The number of pyridine rings is 1. The summed E-state index contributed by atoms with van der Waals surface area (Å²) in [4.78, 5) is 14.6. The monoisotopic (exact) mass is 299 g/mol. The molecule has 0 unspecified atom stereocenters. The van der Waals surface area contributed by atoms with E-state index in [2.05, 4.69) is 4.98 Å². The Morgan fingerprint density at radius 2 is 1.90 bits per heavy atom. The third kappa shape index (κ3) is 3.01. The van der Waals surface area contributed by atoms with Crippen LogP contribution in [0.25, 0.3) is 11.1 Å². The van der Waals surface area contributed by atoms with Gasteiger partial charge in [-0.25, -0.2) is 9.37 Å². The highest BCUT2D eigenvalue weighted by atomic mass is 19.4. The SMILES string of the molecule is COc1cc(-c2ccc(C(F)(F)F)cc2C=O)c(F)cn1. The molecular formula is C14H9F4NO2. The van der Waals surface area contributed by atoms with Crippen molar-refractivity contribution >= 4 is 6.29 Å². The molecule has 0 N–H and O–H groups in total. The Kier molecular flexibility index (Phi) is 3.93. The Morgan fingerprint density at radius 3 is 2.48 bits per heavy atom. The molecule has 7 heteroatoms. The zero-order valence-corrected chi connectivity index (χ0v) is 10.7. The highest BCUT2D eigenvalue weighted by Crippen LogP contribution is 2.34. The second-order valence-electron chi connectivity index (χ2n) is 4.12. The standard InChI is InChI=1S/C14H9F4NO2/c1-21-13-5-11(12(15)6-19-13)10-3-2-9(14(16,17)18)4-8(10)7-20/h2-7H,1H3. The molecule has 0 spiro atoms. The quantitative estimate of drug-likeness (QED) is 0.640. The minimum Gasteiger partial charge on any atom is -0.481 e. The van der Waals surface area contributed by atoms with Crippen LogP contribution in [0, 0.1) is 5.82 Å². The third-order valence-corrected chi connectivity index (χ3v) is 2.84. The second kappa shape index (κ2) is 5.51. The lowest BCUT2D eigenvalue weighted by Gasteiger charge is -2.11. The van der Waals surface area contributed by atoms with E-state index in [-0.39, 0.29) is 28.9 Å². The predicted molar refractivity (Wildman–Crippen MR) is 66.6 cm³/mol. The Balaban J connectivity index is 2.62. The van der Waals surface area contributed by atoms with E-state index in [1.165, 1.54) is 13.2 Å². The predicted octanol–water partition coefficient (Wildman–Crippen LogP) is 3.73. The number of aromatic nitrogens is 1. The summed E-state index contributed by atoms with van der Waals surface area (Å²) in [6.45, 7) is 0. The van der Waals surface area contributed by atoms with Crippen molar-refractivity contribution in [1.82, 2.24) is 4.98 Å². The van der Waals surface area contributed by atoms with E-state index < -0.39 is 17.6 Å². The van der Waals surface area contributed by atoms with Gasteiger partial charge in [0.2, 0.25) is 5.88 Å². The van der Waals surface area contributed by atoms with Crippen LogP contribution in [0.4, 0.5) is 17.6 Å². The van der Waals surface area contributed by atoms with E-state index in [1.807, 2.05) is 0 Å². The van der Waals surface area contributed by atoms with Gasteiger partial charge in [0.05, 0.1) is 18.9 Å². The first kappa shape index (κ1) is 15.0. The van der Waals surface area contributed by atoms with Gasteiger partial charge in [0, 0.05) is 17.2 Å². The molecule has 0 bridgehead atoms. The lowest BCUT2D eigenvalue weighted by molar-refractivity contribution is -0.137. The Labute approximate surface area is 117 Å². The zero-order chi connectivity index (χ0) is 15.6. The van der Waals surface area contributed by atoms with Crippen LogP contribution in [0.2, 0.25) is 0 Å². The minimum atomic E-state index is -4.58. The molecule has 110 valence electrons. The smallest absolute Gasteiger partial charge is 0.416 e. The van der Waals surface area contributed by atoms with Crippen molar-refractivity contribution in [2.45, 2.75) is 6.18 Å². The van der Waals surface area contributed by atoms with Gasteiger partial charge >= 0.3 is 6.18 Å². The van der Waals surface area contributed by atoms with Crippen LogP contribution in [-0.4, -0.2) is 18.4 Å². The molecule has 0 atom stereocenters. The highest BCUT2D eigenvalue weighted by Gasteiger charge is 2.31. The number of rotatable bonds is 3. The lowest BCUT2D eigenvalue weighted by Crippen LogP contribution is -2.06. The number of hydrogen-bond donors (Lipinski definition) is 0. The summed E-state index contributed by atoms with van der Waals surface area (Å²) < 4.78 is 56.5. The van der Waals surface area contributed by atoms with Gasteiger partial charge in [0.15, 0.2) is 6.29 Å². The van der Waals surface area contributed by atoms with Crippen LogP contribution in [0.15, 0.2) is 30.5 Å². The first-order valence-electron chi connectivity index (χ1n) is 5.73. The fourth-order valence-electron chi connectivity index (χ4n) is 1.82. The number of benzene rings is 1. The molecule has 0 fully saturated rings. The molecule has 0 amide bonds. The van der Waals surface area contributed by atoms with Gasteiger partial charge in [-0.1, -0.05) is 6.07 Å². The number of methoxy groups -OCH3 is 1. The zero-order valence-electron chi connectivity index (χ0n) is 10.7. The summed E-state index contributed by atoms with van der Waals surface area (Å²) in [5, 5.41) is 0. The largest absolute Gasteiger partial charge is 0.481 e. The lowest BCUT2D eigenvalue weighted by atomic mass is 9.98. The van der Waals surface area contributed by atoms with Crippen LogP contribution >= 0.6 is 0 Å². The molecule has 0 radical (unpaired) electrons. The number of nitrogens with zero attached hydrogens (tertiary/aromatic N) is 1. The highest BCUT2D eigenvalue weighted by molar-refractivity contribution is 5.88. The molecule has 0 saturated carbocycles. The summed E-state index contributed by atoms with van der Waals surface area (Å²) in [5.41, 5.74) is -1.26. The molecule has 0 aliphatic heterocycles. The average molecular weight is 299 g/mol. The van der Waals surface area contributed by atoms with E-state index in [1.54, 1.807) is 0 Å². The van der Waals surface area contributed by atoms with Crippen LogP contribution in [0.1, 0.15) is 15.9 Å². The molecule has 21 heavy (non-hydrogen) atoms. The maximum atomic E-state index is 13.8. The van der Waals surface area contributed by atoms with Gasteiger partial charge in [-0.2, -0.15) is 13.2 Å². The van der Waals surface area contributed by atoms with E-state index >= 15 is 0 Å². The number of carbonyl (C=O) groups is 1. The normalized spacial score (nSPS) is 11.3. The molecule has 2 aromatic rings. The van der Waals surface area contributed by atoms with Crippen molar-refractivity contribution in [3.63, 3.8) is 0 Å². The average Bonchev–Trinajstić information content (AvgIpc) is 2.46. The van der Waals surface area contributed by atoms with Crippen LogP contribution < -0.4 is 4.74 Å². The molecule has 1 aromatic heterocycles. The number of halogens is 4. The number of ether oxygens (including phenoxy) is 1. The number of carbonyl (C=O) groups excluding carboxylic acids is 1. The second-order valence-corrected chi connectivity index (χ2v) is 4.12. The van der Waals surface area contributed by atoms with Crippen molar-refractivity contribution in [2.75, 3.05) is 7.11 Å². The van der Waals surface area contributed by atoms with Gasteiger partial charge in [-0.15, -0.1) is 0 Å². The Bertz CT molecular complexity index is 683. The minimum absolute atomic E-state index is 0.0381. The van der Waals surface area contributed by atoms with Gasteiger partial charge in [0.1, 0.15) is 5.82 Å². The molecule has 0 aliphatic rings. The van der Waals surface area contributed by atoms with Crippen LogP contribution in [0.3, 0.4) is 0 Å². The summed E-state index contributed by atoms with van der Waals surface area (Å²) in [7, 11) is 1.32. The van der Waals surface area contributed by atoms with Crippen molar-refractivity contribution in [3.05, 3.63) is 47.4 Å². The van der Waals surface area contributed by atoms with Crippen molar-refractivity contribution < 1.29 is 27.1 Å². The van der Waals surface area contributed by atoms with E-state index in [4.69, 9.17) is 4.74 Å². The van der Waals surface area contributed by atoms with Gasteiger partial charge in [-0.3, -0.25) is 4.79 Å². The molecule has 2 rings (SSSR count). The summed E-state index contributed by atoms with van der Waals surface area (Å²) >= 11 is 0. The fraction of sp³-hybridized carbons (Fsp3) is 0.143. The van der Waals surface area contributed by atoms with Gasteiger partial charge in [0.25, 0.3) is 0 Å². The Hall–Kier alpha value is -2.44. The summed E-state index contributed by atoms with van der Waals surface area (Å²) in [5.74, 6) is -0.679. The van der Waals surface area contributed by atoms with E-state index in [0.29, 0.717) is 6.07 Å². The number of aldehydes is 1. The maximum Gasteiger partial charge on any atom is 0.416 e. The molecular weight excluding hydrogens is 290 g/mol. The molecule has 1 aromatic carbocycles. The van der Waals surface area contributed by atoms with Crippen LogP contribution in [0.5, 0.6) is 5.88 Å². The molecule has 0 saturated heterocycles. The maximum absolute atomic E-state index is 13.8. The number of alkyl halides is 3. The first-order valence-corrected chi connectivity index (χ1v) is 5.73. The third-order valence-electron chi connectivity index (χ3n) is 2.84. The van der Waals surface area contributed by atoms with Crippen molar-refractivity contribution in [2.24, 2.45) is 0 Å². The van der Waals surface area contributed by atoms with E-state index in [9.17, 15) is 22.4 Å². The van der Waals surface area contributed by atoms with Gasteiger partial charge in [-0.05, 0) is 17.7 Å². The van der Waals surface area contributed by atoms with E-state index in [0.717, 1.165) is 18.3 Å². The molecule has 1 heterocycles. The molecule has 0 aliphatic carbocycles. The van der Waals surface area contributed by atoms with Crippen LogP contribution in [-0.2, 0) is 6.18 Å². The van der Waals surface area contributed by atoms with Crippen molar-refractivity contribution in [1.29, 1.82) is 0 Å². The summed E-state index contributed by atoms with van der Waals surface area (Å²) in [6, 6.07) is 3.72. The number of hydrogen-bond acceptors (Lipinski definition) is 3. The summed E-state index contributed by atoms with van der Waals surface area (Å²) in [6.07, 6.45) is -3.46.